The maximum atomic E-state index is 13.6. The van der Waals surface area contributed by atoms with Crippen LogP contribution in [0.2, 0.25) is 0 Å². The van der Waals surface area contributed by atoms with Gasteiger partial charge in [0.2, 0.25) is 0 Å². The zero-order chi connectivity index (χ0) is 26.8. The first-order valence-corrected chi connectivity index (χ1v) is 13.3. The van der Waals surface area contributed by atoms with Crippen molar-refractivity contribution in [2.75, 3.05) is 51.9 Å². The van der Waals surface area contributed by atoms with Crippen LogP contribution in [-0.4, -0.2) is 83.2 Å². The van der Waals surface area contributed by atoms with Crippen LogP contribution in [0.15, 0.2) is 53.3 Å². The number of anilines is 1. The molecule has 1 N–H and O–H groups in total. The van der Waals surface area contributed by atoms with Gasteiger partial charge in [0.25, 0.3) is 5.56 Å². The number of methoxy groups -OCH3 is 2. The number of tetrazole rings is 1. The summed E-state index contributed by atoms with van der Waals surface area (Å²) in [7, 11) is 3.31. The number of fused-ring (bicyclic) bond motifs is 1. The summed E-state index contributed by atoms with van der Waals surface area (Å²) in [6.07, 6.45) is 2.07. The molecule has 0 radical (unpaired) electrons. The van der Waals surface area contributed by atoms with Crippen LogP contribution in [0.3, 0.4) is 0 Å². The third kappa shape index (κ3) is 5.07. The molecule has 2 fully saturated rings. The highest BCUT2D eigenvalue weighted by molar-refractivity contribution is 5.80. The average Bonchev–Trinajstić information content (AvgIpc) is 3.66. The highest BCUT2D eigenvalue weighted by Crippen LogP contribution is 2.32. The number of nitrogens with one attached hydrogen (secondary N) is 1. The second-order valence-corrected chi connectivity index (χ2v) is 9.96. The summed E-state index contributed by atoms with van der Waals surface area (Å²) in [6.45, 7) is 4.29. The summed E-state index contributed by atoms with van der Waals surface area (Å²) in [5.41, 5.74) is 2.24. The van der Waals surface area contributed by atoms with Gasteiger partial charge < -0.3 is 24.1 Å². The third-order valence-electron chi connectivity index (χ3n) is 7.69. The van der Waals surface area contributed by atoms with Crippen molar-refractivity contribution in [2.24, 2.45) is 0 Å². The van der Waals surface area contributed by atoms with Gasteiger partial charge >= 0.3 is 0 Å². The van der Waals surface area contributed by atoms with Gasteiger partial charge in [-0.15, -0.1) is 5.10 Å². The number of pyridine rings is 1. The number of hydrogen-bond acceptors (Lipinski definition) is 9. The van der Waals surface area contributed by atoms with E-state index in [2.05, 4.69) is 36.4 Å². The van der Waals surface area contributed by atoms with Crippen LogP contribution >= 0.6 is 0 Å². The number of H-pyrrole nitrogens is 1. The third-order valence-corrected chi connectivity index (χ3v) is 7.69. The molecule has 2 saturated heterocycles. The van der Waals surface area contributed by atoms with Crippen LogP contribution in [0.4, 0.5) is 5.69 Å². The van der Waals surface area contributed by atoms with E-state index < -0.39 is 6.04 Å². The molecule has 0 amide bonds. The van der Waals surface area contributed by atoms with Crippen molar-refractivity contribution >= 4 is 16.6 Å². The Hall–Kier alpha value is -3.96. The Bertz CT molecular complexity index is 1490. The molecule has 2 atom stereocenters. The first-order chi connectivity index (χ1) is 19.1. The molecule has 6 rings (SSSR count). The summed E-state index contributed by atoms with van der Waals surface area (Å²) in [5.74, 6) is 2.19. The van der Waals surface area contributed by atoms with Crippen molar-refractivity contribution in [3.63, 3.8) is 0 Å². The zero-order valence-corrected chi connectivity index (χ0v) is 22.2. The lowest BCUT2D eigenvalue weighted by Gasteiger charge is -2.40. The molecule has 11 nitrogen and oxygen atoms in total. The number of para-hydroxylation sites is 2. The molecule has 4 aromatic rings. The molecule has 204 valence electrons. The minimum Gasteiger partial charge on any atom is -0.497 e. The van der Waals surface area contributed by atoms with Crippen molar-refractivity contribution in [3.05, 3.63) is 70.3 Å². The molecule has 39 heavy (non-hydrogen) atoms. The summed E-state index contributed by atoms with van der Waals surface area (Å²) < 4.78 is 18.6. The lowest BCUT2D eigenvalue weighted by atomic mass is 10.0. The van der Waals surface area contributed by atoms with E-state index in [1.165, 1.54) is 0 Å². The van der Waals surface area contributed by atoms with Gasteiger partial charge in [0.1, 0.15) is 17.5 Å². The Kier molecular flexibility index (Phi) is 7.16. The molecule has 2 aliphatic rings. The predicted molar refractivity (Wildman–Crippen MR) is 147 cm³/mol. The Morgan fingerprint density at radius 3 is 2.69 bits per heavy atom. The SMILES string of the molecule is COc1ccc2cc([C@@H](c3nnnn3C[C@@H]3CCCO3)N3CCN(c4ccccc4OC)CC3)c(=O)[nH]c2c1. The van der Waals surface area contributed by atoms with Crippen LogP contribution in [-0.2, 0) is 11.3 Å². The van der Waals surface area contributed by atoms with E-state index in [0.29, 0.717) is 23.7 Å². The van der Waals surface area contributed by atoms with Gasteiger partial charge in [-0.1, -0.05) is 12.1 Å². The van der Waals surface area contributed by atoms with Crippen molar-refractivity contribution < 1.29 is 14.2 Å². The second-order valence-electron chi connectivity index (χ2n) is 9.96. The van der Waals surface area contributed by atoms with E-state index in [1.54, 1.807) is 14.2 Å². The molecule has 2 aliphatic heterocycles. The van der Waals surface area contributed by atoms with E-state index in [1.807, 2.05) is 47.1 Å². The molecule has 0 bridgehead atoms. The summed E-state index contributed by atoms with van der Waals surface area (Å²) >= 11 is 0. The quantitative estimate of drug-likeness (QED) is 0.367. The lowest BCUT2D eigenvalue weighted by molar-refractivity contribution is 0.0906. The fourth-order valence-electron chi connectivity index (χ4n) is 5.66. The number of aromatic nitrogens is 5. The fraction of sp³-hybridized carbons (Fsp3) is 0.429. The molecule has 2 aromatic heterocycles. The summed E-state index contributed by atoms with van der Waals surface area (Å²) in [4.78, 5) is 21.3. The maximum absolute atomic E-state index is 13.6. The van der Waals surface area contributed by atoms with E-state index in [0.717, 1.165) is 68.0 Å². The Balaban J connectivity index is 1.36. The number of aromatic amines is 1. The second kappa shape index (κ2) is 11.0. The lowest BCUT2D eigenvalue weighted by Crippen LogP contribution is -2.49. The maximum Gasteiger partial charge on any atom is 0.253 e. The van der Waals surface area contributed by atoms with E-state index in [4.69, 9.17) is 14.2 Å². The van der Waals surface area contributed by atoms with Crippen molar-refractivity contribution in [1.82, 2.24) is 30.1 Å². The first-order valence-electron chi connectivity index (χ1n) is 13.3. The van der Waals surface area contributed by atoms with E-state index >= 15 is 0 Å². The van der Waals surface area contributed by atoms with Gasteiger partial charge in [0, 0.05) is 44.4 Å². The molecular weight excluding hydrogens is 498 g/mol. The molecular formula is C28H33N7O4. The van der Waals surface area contributed by atoms with Crippen LogP contribution in [0.1, 0.15) is 30.3 Å². The minimum atomic E-state index is -0.420. The number of rotatable bonds is 8. The zero-order valence-electron chi connectivity index (χ0n) is 22.2. The van der Waals surface area contributed by atoms with Gasteiger partial charge in [-0.3, -0.25) is 9.69 Å². The van der Waals surface area contributed by atoms with Gasteiger partial charge in [-0.05, 0) is 59.0 Å². The van der Waals surface area contributed by atoms with Crippen LogP contribution < -0.4 is 19.9 Å². The van der Waals surface area contributed by atoms with Crippen LogP contribution in [0.25, 0.3) is 10.9 Å². The van der Waals surface area contributed by atoms with Crippen molar-refractivity contribution in [1.29, 1.82) is 0 Å². The van der Waals surface area contributed by atoms with Gasteiger partial charge in [-0.25, -0.2) is 4.68 Å². The smallest absolute Gasteiger partial charge is 0.253 e. The summed E-state index contributed by atoms with van der Waals surface area (Å²) in [6, 6.07) is 15.3. The molecule has 0 unspecified atom stereocenters. The standard InChI is InChI=1S/C28H33N7O4/c1-37-20-10-9-19-16-22(28(36)29-23(19)17-20)26(27-30-31-32-35(27)18-21-6-5-15-39-21)34-13-11-33(12-14-34)24-7-3-4-8-25(24)38-2/h3-4,7-10,16-17,21,26H,5-6,11-15,18H2,1-2H3,(H,29,36)/t21-,26-/m0/s1. The van der Waals surface area contributed by atoms with Crippen molar-refractivity contribution in [2.45, 2.75) is 31.5 Å². The number of benzene rings is 2. The highest BCUT2D eigenvalue weighted by Gasteiger charge is 2.34. The topological polar surface area (TPSA) is 111 Å². The van der Waals surface area contributed by atoms with Gasteiger partial charge in [-0.2, -0.15) is 0 Å². The monoisotopic (exact) mass is 531 g/mol. The number of hydrogen-bond donors (Lipinski definition) is 1. The molecule has 4 heterocycles. The molecule has 11 heteroatoms. The molecule has 0 saturated carbocycles. The Labute approximate surface area is 226 Å². The molecule has 0 spiro atoms. The average molecular weight is 532 g/mol. The van der Waals surface area contributed by atoms with Gasteiger partial charge in [0.05, 0.1) is 38.1 Å². The molecule has 0 aliphatic carbocycles. The number of ether oxygens (including phenoxy) is 3. The van der Waals surface area contributed by atoms with Gasteiger partial charge in [0.15, 0.2) is 5.82 Å². The minimum absolute atomic E-state index is 0.0673. The highest BCUT2D eigenvalue weighted by atomic mass is 16.5. The Morgan fingerprint density at radius 1 is 1.08 bits per heavy atom. The fourth-order valence-corrected chi connectivity index (χ4v) is 5.66. The predicted octanol–water partition coefficient (Wildman–Crippen LogP) is 2.62. The normalized spacial score (nSPS) is 18.9. The van der Waals surface area contributed by atoms with E-state index in [-0.39, 0.29) is 11.7 Å². The van der Waals surface area contributed by atoms with Crippen molar-refractivity contribution in [3.8, 4) is 11.5 Å². The van der Waals surface area contributed by atoms with Crippen LogP contribution in [0.5, 0.6) is 11.5 Å². The first kappa shape index (κ1) is 25.3. The van der Waals surface area contributed by atoms with E-state index in [9.17, 15) is 4.79 Å². The van der Waals surface area contributed by atoms with Crippen LogP contribution in [0, 0.1) is 0 Å². The summed E-state index contributed by atoms with van der Waals surface area (Å²) in [5, 5.41) is 13.7. The number of piperazine rings is 1. The largest absolute Gasteiger partial charge is 0.497 e. The molecule has 2 aromatic carbocycles. The number of nitrogens with zero attached hydrogens (tertiary/aromatic N) is 6. The Morgan fingerprint density at radius 2 is 1.92 bits per heavy atom.